The van der Waals surface area contributed by atoms with E-state index in [2.05, 4.69) is 16.7 Å². The van der Waals surface area contributed by atoms with Crippen LogP contribution in [0.1, 0.15) is 21.4 Å². The average Bonchev–Trinajstić information content (AvgIpc) is 2.74. The first-order chi connectivity index (χ1) is 7.43. The maximum Gasteiger partial charge on any atom is 0.104 e. The Balaban J connectivity index is 1.82. The molecule has 2 aliphatic heterocycles. The van der Waals surface area contributed by atoms with E-state index < -0.39 is 0 Å². The number of rotatable bonds is 1. The highest BCUT2D eigenvalue weighted by Gasteiger charge is 2.21. The van der Waals surface area contributed by atoms with Crippen LogP contribution in [-0.4, -0.2) is 26.2 Å². The predicted molar refractivity (Wildman–Crippen MR) is 61.3 cm³/mol. The fourth-order valence-corrected chi connectivity index (χ4v) is 3.42. The van der Waals surface area contributed by atoms with Gasteiger partial charge in [0.15, 0.2) is 0 Å². The molecular formula is C11H16N2OS. The zero-order chi connectivity index (χ0) is 10.1. The molecule has 82 valence electrons. The van der Waals surface area contributed by atoms with E-state index in [4.69, 9.17) is 4.74 Å². The van der Waals surface area contributed by atoms with Crippen LogP contribution in [0.4, 0.5) is 0 Å². The number of thiophene rings is 1. The smallest absolute Gasteiger partial charge is 0.104 e. The third-order valence-corrected chi connectivity index (χ3v) is 4.33. The van der Waals surface area contributed by atoms with E-state index in [1.54, 1.807) is 4.88 Å². The molecule has 0 amide bonds. The van der Waals surface area contributed by atoms with Gasteiger partial charge in [-0.3, -0.25) is 0 Å². The van der Waals surface area contributed by atoms with Crippen LogP contribution >= 0.6 is 11.3 Å². The minimum Gasteiger partial charge on any atom is -0.370 e. The lowest BCUT2D eigenvalue weighted by Gasteiger charge is -2.22. The summed E-state index contributed by atoms with van der Waals surface area (Å²) in [6, 6.07) is 2.32. The molecule has 2 N–H and O–H groups in total. The molecule has 1 aromatic heterocycles. The maximum atomic E-state index is 5.77. The van der Waals surface area contributed by atoms with Crippen molar-refractivity contribution in [2.45, 2.75) is 19.1 Å². The molecule has 0 saturated carbocycles. The van der Waals surface area contributed by atoms with E-state index in [1.165, 1.54) is 16.9 Å². The predicted octanol–water partition coefficient (Wildman–Crippen LogP) is 1.05. The molecule has 0 aliphatic carbocycles. The second-order valence-electron chi connectivity index (χ2n) is 4.09. The molecule has 1 aromatic rings. The summed E-state index contributed by atoms with van der Waals surface area (Å²) in [4.78, 5) is 2.95. The standard InChI is InChI=1S/C11H16N2OS/c1-2-12-6-8-5-11(15-10(1)8)9-7-13-3-4-14-9/h5,9,12-13H,1-4,6-7H2. The largest absolute Gasteiger partial charge is 0.370 e. The van der Waals surface area contributed by atoms with Gasteiger partial charge in [0, 0.05) is 35.9 Å². The molecule has 1 saturated heterocycles. The second kappa shape index (κ2) is 4.22. The van der Waals surface area contributed by atoms with Gasteiger partial charge in [-0.2, -0.15) is 0 Å². The number of hydrogen-bond donors (Lipinski definition) is 2. The third-order valence-electron chi connectivity index (χ3n) is 3.00. The summed E-state index contributed by atoms with van der Waals surface area (Å²) < 4.78 is 5.77. The van der Waals surface area contributed by atoms with Gasteiger partial charge in [-0.1, -0.05) is 0 Å². The highest BCUT2D eigenvalue weighted by Crippen LogP contribution is 2.31. The lowest BCUT2D eigenvalue weighted by Crippen LogP contribution is -2.32. The number of morpholine rings is 1. The lowest BCUT2D eigenvalue weighted by molar-refractivity contribution is 0.0299. The van der Waals surface area contributed by atoms with E-state index >= 15 is 0 Å². The fourth-order valence-electron chi connectivity index (χ4n) is 2.18. The van der Waals surface area contributed by atoms with Crippen LogP contribution in [-0.2, 0) is 17.7 Å². The van der Waals surface area contributed by atoms with E-state index in [1.807, 2.05) is 11.3 Å². The molecular weight excluding hydrogens is 208 g/mol. The molecule has 0 aromatic carbocycles. The molecule has 1 unspecified atom stereocenters. The highest BCUT2D eigenvalue weighted by molar-refractivity contribution is 7.12. The van der Waals surface area contributed by atoms with Crippen LogP contribution in [0.25, 0.3) is 0 Å². The van der Waals surface area contributed by atoms with Gasteiger partial charge < -0.3 is 15.4 Å². The van der Waals surface area contributed by atoms with Gasteiger partial charge in [-0.15, -0.1) is 11.3 Å². The van der Waals surface area contributed by atoms with Gasteiger partial charge in [-0.25, -0.2) is 0 Å². The first kappa shape index (κ1) is 9.78. The molecule has 1 atom stereocenters. The minimum absolute atomic E-state index is 0.286. The Labute approximate surface area is 93.8 Å². The van der Waals surface area contributed by atoms with Crippen LogP contribution < -0.4 is 10.6 Å². The Morgan fingerprint density at radius 2 is 2.33 bits per heavy atom. The topological polar surface area (TPSA) is 33.3 Å². The van der Waals surface area contributed by atoms with Crippen molar-refractivity contribution in [3.05, 3.63) is 21.4 Å². The van der Waals surface area contributed by atoms with Gasteiger partial charge in [0.05, 0.1) is 6.61 Å². The first-order valence-electron chi connectivity index (χ1n) is 5.58. The summed E-state index contributed by atoms with van der Waals surface area (Å²) in [6.45, 7) is 4.95. The molecule has 0 bridgehead atoms. The molecule has 1 fully saturated rings. The van der Waals surface area contributed by atoms with Crippen molar-refractivity contribution in [2.75, 3.05) is 26.2 Å². The number of fused-ring (bicyclic) bond motifs is 1. The summed E-state index contributed by atoms with van der Waals surface area (Å²) in [5.41, 5.74) is 1.48. The van der Waals surface area contributed by atoms with Crippen LogP contribution in [0.3, 0.4) is 0 Å². The van der Waals surface area contributed by atoms with Crippen molar-refractivity contribution in [2.24, 2.45) is 0 Å². The Hall–Kier alpha value is -0.420. The Morgan fingerprint density at radius 1 is 1.33 bits per heavy atom. The van der Waals surface area contributed by atoms with Crippen LogP contribution in [0.15, 0.2) is 6.07 Å². The molecule has 0 spiro atoms. The third kappa shape index (κ3) is 1.95. The van der Waals surface area contributed by atoms with Gasteiger partial charge >= 0.3 is 0 Å². The van der Waals surface area contributed by atoms with Gasteiger partial charge in [0.2, 0.25) is 0 Å². The van der Waals surface area contributed by atoms with Crippen molar-refractivity contribution in [3.63, 3.8) is 0 Å². The van der Waals surface area contributed by atoms with Crippen LogP contribution in [0, 0.1) is 0 Å². The molecule has 3 nitrogen and oxygen atoms in total. The molecule has 4 heteroatoms. The van der Waals surface area contributed by atoms with E-state index in [9.17, 15) is 0 Å². The van der Waals surface area contributed by atoms with Crippen molar-refractivity contribution in [3.8, 4) is 0 Å². The zero-order valence-corrected chi connectivity index (χ0v) is 9.53. The Morgan fingerprint density at radius 3 is 3.13 bits per heavy atom. The Bertz CT molecular complexity index is 321. The summed E-state index contributed by atoms with van der Waals surface area (Å²) in [5, 5.41) is 6.79. The molecule has 3 heterocycles. The Kier molecular flexibility index (Phi) is 2.75. The van der Waals surface area contributed by atoms with Crippen molar-refractivity contribution in [1.29, 1.82) is 0 Å². The molecule has 15 heavy (non-hydrogen) atoms. The van der Waals surface area contributed by atoms with Gasteiger partial charge in [-0.05, 0) is 18.1 Å². The quantitative estimate of drug-likeness (QED) is 0.748. The lowest BCUT2D eigenvalue weighted by atomic mass is 10.1. The summed E-state index contributed by atoms with van der Waals surface area (Å²) in [5.74, 6) is 0. The number of hydrogen-bond acceptors (Lipinski definition) is 4. The van der Waals surface area contributed by atoms with E-state index in [-0.39, 0.29) is 6.10 Å². The fraction of sp³-hybridized carbons (Fsp3) is 0.636. The van der Waals surface area contributed by atoms with Gasteiger partial charge in [0.1, 0.15) is 6.10 Å². The van der Waals surface area contributed by atoms with E-state index in [0.29, 0.717) is 0 Å². The normalized spacial score (nSPS) is 26.3. The van der Waals surface area contributed by atoms with Gasteiger partial charge in [0.25, 0.3) is 0 Å². The minimum atomic E-state index is 0.286. The van der Waals surface area contributed by atoms with Crippen LogP contribution in [0.5, 0.6) is 0 Å². The monoisotopic (exact) mass is 224 g/mol. The number of nitrogens with one attached hydrogen (secondary N) is 2. The number of ether oxygens (including phenoxy) is 1. The van der Waals surface area contributed by atoms with Crippen molar-refractivity contribution < 1.29 is 4.74 Å². The average molecular weight is 224 g/mol. The highest BCUT2D eigenvalue weighted by atomic mass is 32.1. The van der Waals surface area contributed by atoms with Crippen molar-refractivity contribution in [1.82, 2.24) is 10.6 Å². The second-order valence-corrected chi connectivity index (χ2v) is 5.26. The molecule has 3 rings (SSSR count). The van der Waals surface area contributed by atoms with Crippen LogP contribution in [0.2, 0.25) is 0 Å². The zero-order valence-electron chi connectivity index (χ0n) is 8.71. The van der Waals surface area contributed by atoms with Crippen molar-refractivity contribution >= 4 is 11.3 Å². The molecule has 0 radical (unpaired) electrons. The summed E-state index contributed by atoms with van der Waals surface area (Å²) in [6.07, 6.45) is 1.47. The molecule has 2 aliphatic rings. The maximum absolute atomic E-state index is 5.77. The summed E-state index contributed by atoms with van der Waals surface area (Å²) in [7, 11) is 0. The summed E-state index contributed by atoms with van der Waals surface area (Å²) >= 11 is 1.94. The van der Waals surface area contributed by atoms with E-state index in [0.717, 1.165) is 32.8 Å². The SMILES string of the molecule is c1c(C2CNCCO2)sc2c1CNCC2. The first-order valence-corrected chi connectivity index (χ1v) is 6.39.